The lowest BCUT2D eigenvalue weighted by atomic mass is 9.99. The highest BCUT2D eigenvalue weighted by molar-refractivity contribution is 6.02. The minimum atomic E-state index is -1.16. The van der Waals surface area contributed by atoms with Gasteiger partial charge in [0.25, 0.3) is 0 Å². The molecule has 0 saturated carbocycles. The number of para-hydroxylation sites is 2. The van der Waals surface area contributed by atoms with E-state index in [9.17, 15) is 14.4 Å². The van der Waals surface area contributed by atoms with Crippen molar-refractivity contribution in [3.63, 3.8) is 0 Å². The quantitative estimate of drug-likeness (QED) is 0.312. The zero-order chi connectivity index (χ0) is 29.0. The summed E-state index contributed by atoms with van der Waals surface area (Å²) in [6.45, 7) is 6.86. The lowest BCUT2D eigenvalue weighted by Gasteiger charge is -2.34. The number of hydrogen-bond donors (Lipinski definition) is 1. The second kappa shape index (κ2) is 11.6. The topological polar surface area (TPSA) is 116 Å². The Kier molecular flexibility index (Phi) is 8.18. The lowest BCUT2D eigenvalue weighted by molar-refractivity contribution is -0.128. The number of methoxy groups -OCH3 is 2. The van der Waals surface area contributed by atoms with Crippen LogP contribution in [0.3, 0.4) is 0 Å². The molecule has 0 aliphatic rings. The van der Waals surface area contributed by atoms with Crippen molar-refractivity contribution in [2.24, 2.45) is 0 Å². The van der Waals surface area contributed by atoms with Crippen LogP contribution < -0.4 is 19.7 Å². The van der Waals surface area contributed by atoms with Crippen molar-refractivity contribution in [3.05, 3.63) is 77.9 Å². The third kappa shape index (κ3) is 5.96. The van der Waals surface area contributed by atoms with Crippen LogP contribution in [0, 0.1) is 0 Å². The summed E-state index contributed by atoms with van der Waals surface area (Å²) >= 11 is 0. The van der Waals surface area contributed by atoms with Crippen LogP contribution in [0.4, 0.5) is 5.69 Å². The van der Waals surface area contributed by atoms with Gasteiger partial charge < -0.3 is 14.8 Å². The first kappa shape index (κ1) is 28.3. The van der Waals surface area contributed by atoms with Gasteiger partial charge in [0, 0.05) is 22.4 Å². The number of carbonyl (C=O) groups excluding carboxylic acids is 3. The number of amides is 2. The molecule has 208 valence electrons. The van der Waals surface area contributed by atoms with Gasteiger partial charge in [-0.05, 0) is 70.2 Å². The zero-order valence-corrected chi connectivity index (χ0v) is 23.5. The highest BCUT2D eigenvalue weighted by atomic mass is 16.5. The van der Waals surface area contributed by atoms with Crippen molar-refractivity contribution >= 4 is 34.3 Å². The molecule has 10 nitrogen and oxygen atoms in total. The number of hydrogen-bond acceptors (Lipinski definition) is 7. The van der Waals surface area contributed by atoms with E-state index in [4.69, 9.17) is 9.47 Å². The average molecular weight is 544 g/mol. The van der Waals surface area contributed by atoms with Crippen LogP contribution in [-0.2, 0) is 16.1 Å². The summed E-state index contributed by atoms with van der Waals surface area (Å²) in [6, 6.07) is 17.9. The molecule has 40 heavy (non-hydrogen) atoms. The van der Waals surface area contributed by atoms with Crippen molar-refractivity contribution in [1.29, 1.82) is 0 Å². The van der Waals surface area contributed by atoms with Gasteiger partial charge in [0.1, 0.15) is 18.1 Å². The van der Waals surface area contributed by atoms with Gasteiger partial charge in [-0.1, -0.05) is 29.5 Å². The lowest BCUT2D eigenvalue weighted by Crippen LogP contribution is -2.50. The van der Waals surface area contributed by atoms with E-state index < -0.39 is 23.4 Å². The van der Waals surface area contributed by atoms with Gasteiger partial charge in [-0.2, -0.15) is 0 Å². The van der Waals surface area contributed by atoms with E-state index >= 15 is 0 Å². The molecule has 4 aromatic rings. The number of aromatic nitrogens is 3. The second-order valence-corrected chi connectivity index (χ2v) is 10.3. The molecule has 0 spiro atoms. The Morgan fingerprint density at radius 2 is 1.65 bits per heavy atom. The summed E-state index contributed by atoms with van der Waals surface area (Å²) in [7, 11) is 2.99. The maximum Gasteiger partial charge on any atom is 0.249 e. The van der Waals surface area contributed by atoms with E-state index in [-0.39, 0.29) is 12.3 Å². The van der Waals surface area contributed by atoms with E-state index in [0.29, 0.717) is 39.3 Å². The van der Waals surface area contributed by atoms with Crippen LogP contribution in [0.15, 0.2) is 66.7 Å². The van der Waals surface area contributed by atoms with Gasteiger partial charge in [-0.15, -0.1) is 5.10 Å². The molecular formula is C30H33N5O5. The Labute approximate surface area is 232 Å². The average Bonchev–Trinajstić information content (AvgIpc) is 3.32. The van der Waals surface area contributed by atoms with Crippen LogP contribution in [0.5, 0.6) is 11.5 Å². The molecule has 1 unspecified atom stereocenters. The molecule has 0 radical (unpaired) electrons. The van der Waals surface area contributed by atoms with Crippen LogP contribution in [0.25, 0.3) is 11.0 Å². The molecule has 0 saturated heterocycles. The number of fused-ring (bicyclic) bond motifs is 1. The first-order valence-electron chi connectivity index (χ1n) is 12.8. The summed E-state index contributed by atoms with van der Waals surface area (Å²) in [5.41, 5.74) is 2.04. The molecule has 4 rings (SSSR count). The van der Waals surface area contributed by atoms with Gasteiger partial charge in [0.15, 0.2) is 17.3 Å². The molecule has 1 atom stereocenters. The molecule has 0 aliphatic heterocycles. The molecule has 3 aromatic carbocycles. The van der Waals surface area contributed by atoms with E-state index in [0.717, 1.165) is 0 Å². The Morgan fingerprint density at radius 1 is 0.950 bits per heavy atom. The van der Waals surface area contributed by atoms with Crippen LogP contribution in [-0.4, -0.2) is 52.3 Å². The summed E-state index contributed by atoms with van der Waals surface area (Å²) < 4.78 is 12.7. The smallest absolute Gasteiger partial charge is 0.249 e. The summed E-state index contributed by atoms with van der Waals surface area (Å²) in [5.74, 6) is -0.231. The first-order chi connectivity index (χ1) is 19.0. The molecule has 0 bridgehead atoms. The number of carbonyl (C=O) groups is 3. The number of rotatable bonds is 9. The third-order valence-electron chi connectivity index (χ3n) is 6.26. The predicted octanol–water partition coefficient (Wildman–Crippen LogP) is 4.34. The molecule has 0 aliphatic carbocycles. The van der Waals surface area contributed by atoms with Crippen LogP contribution in [0.2, 0.25) is 0 Å². The molecular weight excluding hydrogens is 510 g/mol. The number of nitrogens with one attached hydrogen (secondary N) is 1. The van der Waals surface area contributed by atoms with Crippen molar-refractivity contribution in [1.82, 2.24) is 20.3 Å². The van der Waals surface area contributed by atoms with Crippen LogP contribution in [0.1, 0.15) is 49.7 Å². The number of ether oxygens (including phenoxy) is 2. The fraction of sp³-hybridized carbons (Fsp3) is 0.300. The van der Waals surface area contributed by atoms with E-state index in [1.807, 2.05) is 45.0 Å². The van der Waals surface area contributed by atoms with Crippen LogP contribution >= 0.6 is 0 Å². The SMILES string of the molecule is COc1cccc(C(C(=O)NC(C)(C)C)N(C(=O)Cn2nnc3ccccc32)c2ccc(C(C)=O)cc2)c1OC. The minimum absolute atomic E-state index is 0.116. The predicted molar refractivity (Wildman–Crippen MR) is 152 cm³/mol. The van der Waals surface area contributed by atoms with Crippen molar-refractivity contribution in [2.45, 2.75) is 45.8 Å². The first-order valence-corrected chi connectivity index (χ1v) is 12.8. The van der Waals surface area contributed by atoms with Crippen molar-refractivity contribution in [3.8, 4) is 11.5 Å². The Hall–Kier alpha value is -4.73. The summed E-state index contributed by atoms with van der Waals surface area (Å²) in [6.07, 6.45) is 0. The monoisotopic (exact) mass is 543 g/mol. The standard InChI is InChI=1S/C30H33N5O5/c1-19(36)20-14-16-21(17-15-20)35(26(37)18-34-24-12-8-7-11-23(24)32-33-34)27(29(38)31-30(2,3)4)22-10-9-13-25(39-5)28(22)40-6/h7-17,27H,18H2,1-6H3,(H,31,38). The number of Topliss-reactive ketones (excluding diaryl/α,β-unsaturated/α-hetero) is 1. The van der Waals surface area contributed by atoms with E-state index in [1.165, 1.54) is 30.7 Å². The molecule has 1 aromatic heterocycles. The molecule has 10 heteroatoms. The Bertz CT molecular complexity index is 1540. The molecule has 2 amide bonds. The second-order valence-electron chi connectivity index (χ2n) is 10.3. The van der Waals surface area contributed by atoms with E-state index in [2.05, 4.69) is 15.6 Å². The third-order valence-corrected chi connectivity index (χ3v) is 6.26. The number of anilines is 1. The normalized spacial score (nSPS) is 12.1. The van der Waals surface area contributed by atoms with Gasteiger partial charge in [0.2, 0.25) is 11.8 Å². The maximum absolute atomic E-state index is 14.2. The van der Waals surface area contributed by atoms with Gasteiger partial charge >= 0.3 is 0 Å². The minimum Gasteiger partial charge on any atom is -0.493 e. The number of ketones is 1. The number of benzene rings is 3. The van der Waals surface area contributed by atoms with Gasteiger partial charge in [-0.25, -0.2) is 4.68 Å². The van der Waals surface area contributed by atoms with Crippen molar-refractivity contribution < 1.29 is 23.9 Å². The summed E-state index contributed by atoms with van der Waals surface area (Å²) in [4.78, 5) is 41.7. The van der Waals surface area contributed by atoms with Gasteiger partial charge in [0.05, 0.1) is 19.7 Å². The molecule has 1 heterocycles. The maximum atomic E-state index is 14.2. The highest BCUT2D eigenvalue weighted by Gasteiger charge is 2.37. The summed E-state index contributed by atoms with van der Waals surface area (Å²) in [5, 5.41) is 11.3. The Morgan fingerprint density at radius 3 is 2.27 bits per heavy atom. The molecule has 1 N–H and O–H groups in total. The molecule has 0 fully saturated rings. The fourth-order valence-electron chi connectivity index (χ4n) is 4.50. The number of nitrogens with zero attached hydrogens (tertiary/aromatic N) is 4. The fourth-order valence-corrected chi connectivity index (χ4v) is 4.50. The van der Waals surface area contributed by atoms with Gasteiger partial charge in [-0.3, -0.25) is 19.3 Å². The Balaban J connectivity index is 1.91. The highest BCUT2D eigenvalue weighted by Crippen LogP contribution is 2.39. The van der Waals surface area contributed by atoms with E-state index in [1.54, 1.807) is 42.5 Å². The largest absolute Gasteiger partial charge is 0.493 e. The zero-order valence-electron chi connectivity index (χ0n) is 23.5. The van der Waals surface area contributed by atoms with Crippen molar-refractivity contribution in [2.75, 3.05) is 19.1 Å².